The number of unbranched alkanes of at least 4 members (excludes halogenated alkanes) is 33. The number of rotatable bonds is 58. The van der Waals surface area contributed by atoms with Crippen molar-refractivity contribution in [3.05, 3.63) is 85.1 Å². The Balaban J connectivity index is 4.37. The van der Waals surface area contributed by atoms with Gasteiger partial charge in [0.05, 0.1) is 0 Å². The van der Waals surface area contributed by atoms with Crippen LogP contribution in [0.3, 0.4) is 0 Å². The smallest absolute Gasteiger partial charge is 0.306 e. The van der Waals surface area contributed by atoms with Crippen LogP contribution in [0.15, 0.2) is 85.1 Å². The van der Waals surface area contributed by atoms with E-state index in [1.165, 1.54) is 193 Å². The topological polar surface area (TPSA) is 78.9 Å². The van der Waals surface area contributed by atoms with Gasteiger partial charge in [-0.2, -0.15) is 0 Å². The molecule has 75 heavy (non-hydrogen) atoms. The third kappa shape index (κ3) is 61.3. The highest BCUT2D eigenvalue weighted by Crippen LogP contribution is 2.17. The number of ether oxygens (including phenoxy) is 3. The lowest BCUT2D eigenvalue weighted by Crippen LogP contribution is -2.30. The Kier molecular flexibility index (Phi) is 60.3. The molecule has 0 heterocycles. The van der Waals surface area contributed by atoms with Gasteiger partial charge >= 0.3 is 17.9 Å². The summed E-state index contributed by atoms with van der Waals surface area (Å²) in [6.45, 7) is 6.50. The van der Waals surface area contributed by atoms with E-state index in [-0.39, 0.29) is 37.5 Å². The number of carbonyl (C=O) groups is 3. The van der Waals surface area contributed by atoms with Crippen LogP contribution in [0.5, 0.6) is 0 Å². The Bertz CT molecular complexity index is 1430. The van der Waals surface area contributed by atoms with Gasteiger partial charge in [-0.1, -0.05) is 298 Å². The molecule has 0 aromatic carbocycles. The van der Waals surface area contributed by atoms with E-state index in [4.69, 9.17) is 14.2 Å². The molecule has 0 saturated carbocycles. The molecule has 0 fully saturated rings. The lowest BCUT2D eigenvalue weighted by Gasteiger charge is -2.18. The number of carbonyl (C=O) groups excluding carboxylic acids is 3. The molecular weight excluding hydrogens is 925 g/mol. The summed E-state index contributed by atoms with van der Waals surface area (Å²) in [4.78, 5) is 38.2. The fourth-order valence-electron chi connectivity index (χ4n) is 9.11. The largest absolute Gasteiger partial charge is 0.462 e. The number of hydrogen-bond acceptors (Lipinski definition) is 6. The summed E-state index contributed by atoms with van der Waals surface area (Å²) in [5, 5.41) is 0. The molecule has 0 aliphatic rings. The molecule has 0 radical (unpaired) electrons. The average Bonchev–Trinajstić information content (AvgIpc) is 3.41. The van der Waals surface area contributed by atoms with Crippen molar-refractivity contribution in [1.82, 2.24) is 0 Å². The quantitative estimate of drug-likeness (QED) is 0.0261. The second-order valence-electron chi connectivity index (χ2n) is 21.3. The Hall–Kier alpha value is -3.41. The van der Waals surface area contributed by atoms with Gasteiger partial charge in [0.1, 0.15) is 13.2 Å². The van der Waals surface area contributed by atoms with Gasteiger partial charge in [0.25, 0.3) is 0 Å². The predicted molar refractivity (Wildman–Crippen MR) is 325 cm³/mol. The first-order valence-corrected chi connectivity index (χ1v) is 32.1. The SMILES string of the molecule is CC/C=C\C/C=C\C/C=C\C/C=C\C/C=C\C/C=C\CCC(=O)OC(COC(=O)CCCCCCCCCCCCCCC)COC(=O)CCCCCCCCCCCCCCC/C=C\CCCCCCCCCC. The van der Waals surface area contributed by atoms with E-state index in [2.05, 4.69) is 99.8 Å². The molecule has 0 N–H and O–H groups in total. The molecule has 0 aliphatic heterocycles. The molecule has 0 saturated heterocycles. The minimum Gasteiger partial charge on any atom is -0.462 e. The van der Waals surface area contributed by atoms with Crippen LogP contribution in [0, 0.1) is 0 Å². The van der Waals surface area contributed by atoms with Gasteiger partial charge in [0.15, 0.2) is 6.10 Å². The van der Waals surface area contributed by atoms with Gasteiger partial charge < -0.3 is 14.2 Å². The van der Waals surface area contributed by atoms with E-state index in [0.717, 1.165) is 77.0 Å². The third-order valence-electron chi connectivity index (χ3n) is 13.9. The first kappa shape index (κ1) is 71.6. The van der Waals surface area contributed by atoms with Crippen LogP contribution >= 0.6 is 0 Å². The summed E-state index contributed by atoms with van der Waals surface area (Å²) >= 11 is 0. The Morgan fingerprint density at radius 1 is 0.280 bits per heavy atom. The highest BCUT2D eigenvalue weighted by atomic mass is 16.6. The molecule has 0 rings (SSSR count). The van der Waals surface area contributed by atoms with Gasteiger partial charge in [-0.05, 0) is 83.5 Å². The maximum absolute atomic E-state index is 12.9. The van der Waals surface area contributed by atoms with Gasteiger partial charge in [0.2, 0.25) is 0 Å². The van der Waals surface area contributed by atoms with Gasteiger partial charge in [-0.3, -0.25) is 14.4 Å². The predicted octanol–water partition coefficient (Wildman–Crippen LogP) is 21.9. The zero-order chi connectivity index (χ0) is 54.3. The van der Waals surface area contributed by atoms with Crippen molar-refractivity contribution >= 4 is 17.9 Å². The van der Waals surface area contributed by atoms with Crippen molar-refractivity contribution in [2.45, 2.75) is 322 Å². The van der Waals surface area contributed by atoms with Crippen molar-refractivity contribution in [2.75, 3.05) is 13.2 Å². The normalized spacial score (nSPS) is 12.6. The zero-order valence-electron chi connectivity index (χ0n) is 49.6. The van der Waals surface area contributed by atoms with Gasteiger partial charge in [-0.25, -0.2) is 0 Å². The Labute approximate surface area is 465 Å². The van der Waals surface area contributed by atoms with Crippen LogP contribution in [0.2, 0.25) is 0 Å². The first-order valence-electron chi connectivity index (χ1n) is 32.1. The van der Waals surface area contributed by atoms with Crippen LogP contribution in [0.4, 0.5) is 0 Å². The van der Waals surface area contributed by atoms with Crippen LogP contribution < -0.4 is 0 Å². The fourth-order valence-corrected chi connectivity index (χ4v) is 9.11. The van der Waals surface area contributed by atoms with E-state index < -0.39 is 6.10 Å². The highest BCUT2D eigenvalue weighted by Gasteiger charge is 2.19. The number of esters is 3. The summed E-state index contributed by atoms with van der Waals surface area (Å²) in [5.74, 6) is -0.976. The molecule has 6 heteroatoms. The Morgan fingerprint density at radius 2 is 0.547 bits per heavy atom. The fraction of sp³-hybridized carbons (Fsp3) is 0.754. The van der Waals surface area contributed by atoms with Crippen LogP contribution in [-0.4, -0.2) is 37.2 Å². The van der Waals surface area contributed by atoms with Crippen molar-refractivity contribution in [3.63, 3.8) is 0 Å². The number of allylic oxidation sites excluding steroid dienone is 14. The second kappa shape index (κ2) is 63.1. The molecule has 0 spiro atoms. The maximum Gasteiger partial charge on any atom is 0.306 e. The maximum atomic E-state index is 12.9. The second-order valence-corrected chi connectivity index (χ2v) is 21.3. The van der Waals surface area contributed by atoms with E-state index in [9.17, 15) is 14.4 Å². The summed E-state index contributed by atoms with van der Waals surface area (Å²) in [5.41, 5.74) is 0. The van der Waals surface area contributed by atoms with Crippen molar-refractivity contribution in [1.29, 1.82) is 0 Å². The molecule has 0 amide bonds. The summed E-state index contributed by atoms with van der Waals surface area (Å²) in [7, 11) is 0. The lowest BCUT2D eigenvalue weighted by molar-refractivity contribution is -0.166. The van der Waals surface area contributed by atoms with Crippen LogP contribution in [-0.2, 0) is 28.6 Å². The van der Waals surface area contributed by atoms with E-state index in [1.807, 2.05) is 6.08 Å². The van der Waals surface area contributed by atoms with E-state index in [1.54, 1.807) is 0 Å². The summed E-state index contributed by atoms with van der Waals surface area (Å²) < 4.78 is 16.8. The number of hydrogen-bond donors (Lipinski definition) is 0. The van der Waals surface area contributed by atoms with Crippen molar-refractivity contribution in [2.24, 2.45) is 0 Å². The molecule has 0 aliphatic carbocycles. The van der Waals surface area contributed by atoms with Gasteiger partial charge in [0, 0.05) is 19.3 Å². The highest BCUT2D eigenvalue weighted by molar-refractivity contribution is 5.71. The third-order valence-corrected chi connectivity index (χ3v) is 13.9. The molecule has 0 aromatic rings. The van der Waals surface area contributed by atoms with Gasteiger partial charge in [-0.15, -0.1) is 0 Å². The van der Waals surface area contributed by atoms with E-state index in [0.29, 0.717) is 19.3 Å². The standard InChI is InChI=1S/C69H120O6/c1-4-7-10-13-16-19-22-25-27-29-31-32-33-34-35-36-38-39-41-44-47-50-53-56-59-62-68(71)74-65-66(64-73-67(70)61-58-55-52-49-46-43-24-21-18-15-12-9-6-3)75-69(72)63-60-57-54-51-48-45-42-40-37-30-28-26-23-20-17-14-11-8-5-2/h8,11,17,20,26,28-29,31,37,40,45,48,54,57,66H,4-7,9-10,12-16,18-19,21-25,27,30,32-36,38-39,41-44,46-47,49-53,55-56,58-65H2,1-3H3/b11-8-,20-17-,28-26-,31-29-,40-37-,48-45-,57-54-. The van der Waals surface area contributed by atoms with Crippen molar-refractivity contribution in [3.8, 4) is 0 Å². The average molecular weight is 1050 g/mol. The molecule has 0 aromatic heterocycles. The first-order chi connectivity index (χ1) is 37.0. The molecule has 6 nitrogen and oxygen atoms in total. The lowest BCUT2D eigenvalue weighted by atomic mass is 10.0. The van der Waals surface area contributed by atoms with E-state index >= 15 is 0 Å². The van der Waals surface area contributed by atoms with Crippen molar-refractivity contribution < 1.29 is 28.6 Å². The summed E-state index contributed by atoms with van der Waals surface area (Å²) in [6, 6.07) is 0. The Morgan fingerprint density at radius 3 is 0.867 bits per heavy atom. The molecule has 1 unspecified atom stereocenters. The molecular formula is C69H120O6. The summed E-state index contributed by atoms with van der Waals surface area (Å²) in [6.07, 6.45) is 83.2. The van der Waals surface area contributed by atoms with Crippen LogP contribution in [0.1, 0.15) is 316 Å². The minimum atomic E-state index is -0.816. The van der Waals surface area contributed by atoms with Crippen LogP contribution in [0.25, 0.3) is 0 Å². The zero-order valence-corrected chi connectivity index (χ0v) is 49.6. The minimum absolute atomic E-state index is 0.104. The monoisotopic (exact) mass is 1040 g/mol. The molecule has 0 bridgehead atoms. The molecule has 1 atom stereocenters. The molecule has 432 valence electrons.